The number of aromatic nitrogens is 2. The summed E-state index contributed by atoms with van der Waals surface area (Å²) in [6, 6.07) is 7.68. The van der Waals surface area contributed by atoms with Gasteiger partial charge in [0.25, 0.3) is 0 Å². The van der Waals surface area contributed by atoms with Crippen molar-refractivity contribution in [3.8, 4) is 5.88 Å². The summed E-state index contributed by atoms with van der Waals surface area (Å²) in [5, 5.41) is 17.7. The van der Waals surface area contributed by atoms with Gasteiger partial charge in [0, 0.05) is 11.6 Å². The molecule has 2 heterocycles. The lowest BCUT2D eigenvalue weighted by molar-refractivity contribution is -0.137. The van der Waals surface area contributed by atoms with Gasteiger partial charge in [-0.2, -0.15) is 13.2 Å². The van der Waals surface area contributed by atoms with Gasteiger partial charge in [0.2, 0.25) is 5.88 Å². The van der Waals surface area contributed by atoms with Crippen molar-refractivity contribution in [3.05, 3.63) is 47.1 Å². The molecule has 0 spiro atoms. The molecule has 0 saturated heterocycles. The van der Waals surface area contributed by atoms with E-state index in [4.69, 9.17) is 11.6 Å². The van der Waals surface area contributed by atoms with Crippen LogP contribution in [0.15, 0.2) is 46.8 Å². The van der Waals surface area contributed by atoms with Crippen LogP contribution in [-0.4, -0.2) is 15.1 Å². The van der Waals surface area contributed by atoms with E-state index in [1.54, 1.807) is 24.3 Å². The molecular weight excluding hydrogens is 333 g/mol. The molecule has 0 atom stereocenters. The smallest absolute Gasteiger partial charge is 0.417 e. The summed E-state index contributed by atoms with van der Waals surface area (Å²) < 4.78 is 37.6. The van der Waals surface area contributed by atoms with Crippen molar-refractivity contribution in [1.29, 1.82) is 0 Å². The van der Waals surface area contributed by atoms with Crippen molar-refractivity contribution in [3.63, 3.8) is 0 Å². The molecule has 3 rings (SSSR count). The van der Waals surface area contributed by atoms with Gasteiger partial charge in [0.1, 0.15) is 0 Å². The van der Waals surface area contributed by atoms with Crippen molar-refractivity contribution in [2.24, 2.45) is 10.2 Å². The van der Waals surface area contributed by atoms with Gasteiger partial charge in [-0.3, -0.25) is 0 Å². The number of hydrogen-bond donors (Lipinski definition) is 2. The number of azo groups is 1. The lowest BCUT2D eigenvalue weighted by Crippen LogP contribution is -2.05. The number of aromatic amines is 1. The maximum absolute atomic E-state index is 12.5. The second kappa shape index (κ2) is 5.54. The predicted molar refractivity (Wildman–Crippen MR) is 78.4 cm³/mol. The number of para-hydroxylation sites is 1. The zero-order chi connectivity index (χ0) is 16.6. The third kappa shape index (κ3) is 2.98. The molecule has 0 aliphatic rings. The van der Waals surface area contributed by atoms with Crippen molar-refractivity contribution >= 4 is 34.0 Å². The molecule has 3 aromatic rings. The van der Waals surface area contributed by atoms with Crippen molar-refractivity contribution < 1.29 is 18.3 Å². The fourth-order valence-corrected chi connectivity index (χ4v) is 2.17. The van der Waals surface area contributed by atoms with Crippen LogP contribution >= 0.6 is 11.6 Å². The van der Waals surface area contributed by atoms with Gasteiger partial charge in [-0.05, 0) is 12.1 Å². The first-order valence-electron chi connectivity index (χ1n) is 6.30. The predicted octanol–water partition coefficient (Wildman–Crippen LogP) is 5.36. The topological polar surface area (TPSA) is 73.6 Å². The third-order valence-electron chi connectivity index (χ3n) is 3.05. The standard InChI is InChI=1S/C14H8ClF3N4O/c15-9-5-7(14(16,17)18)6-19-12(9)22-21-11-8-3-1-2-4-10(8)20-13(11)23/h1-6,20,23H. The number of aromatic hydroxyl groups is 1. The fourth-order valence-electron chi connectivity index (χ4n) is 1.97. The number of benzene rings is 1. The number of hydrogen-bond acceptors (Lipinski definition) is 4. The van der Waals surface area contributed by atoms with E-state index in [0.717, 1.165) is 6.07 Å². The minimum atomic E-state index is -4.54. The Labute approximate surface area is 132 Å². The van der Waals surface area contributed by atoms with Crippen LogP contribution in [0, 0.1) is 0 Å². The average Bonchev–Trinajstić information content (AvgIpc) is 2.80. The van der Waals surface area contributed by atoms with Gasteiger partial charge >= 0.3 is 6.18 Å². The maximum Gasteiger partial charge on any atom is 0.417 e. The lowest BCUT2D eigenvalue weighted by Gasteiger charge is -2.06. The van der Waals surface area contributed by atoms with Crippen molar-refractivity contribution in [2.45, 2.75) is 6.18 Å². The fraction of sp³-hybridized carbons (Fsp3) is 0.0714. The Hall–Kier alpha value is -2.61. The highest BCUT2D eigenvalue weighted by Gasteiger charge is 2.31. The van der Waals surface area contributed by atoms with Gasteiger partial charge in [-0.25, -0.2) is 4.98 Å². The number of nitrogens with one attached hydrogen (secondary N) is 1. The van der Waals surface area contributed by atoms with Crippen LogP contribution in [0.3, 0.4) is 0 Å². The zero-order valence-electron chi connectivity index (χ0n) is 11.3. The highest BCUT2D eigenvalue weighted by atomic mass is 35.5. The number of pyridine rings is 1. The molecule has 1 aromatic carbocycles. The molecule has 0 saturated carbocycles. The van der Waals surface area contributed by atoms with Crippen LogP contribution in [-0.2, 0) is 6.18 Å². The number of nitrogens with zero attached hydrogens (tertiary/aromatic N) is 3. The molecule has 0 fully saturated rings. The highest BCUT2D eigenvalue weighted by molar-refractivity contribution is 6.32. The van der Waals surface area contributed by atoms with E-state index >= 15 is 0 Å². The number of alkyl halides is 3. The van der Waals surface area contributed by atoms with E-state index in [2.05, 4.69) is 20.2 Å². The summed E-state index contributed by atoms with van der Waals surface area (Å²) in [7, 11) is 0. The first-order valence-corrected chi connectivity index (χ1v) is 6.68. The zero-order valence-corrected chi connectivity index (χ0v) is 12.0. The molecule has 0 aliphatic heterocycles. The molecule has 0 radical (unpaired) electrons. The molecule has 2 aromatic heterocycles. The SMILES string of the molecule is Oc1[nH]c2ccccc2c1N=Nc1ncc(C(F)(F)F)cc1Cl. The quantitative estimate of drug-likeness (QED) is 0.616. The summed E-state index contributed by atoms with van der Waals surface area (Å²) in [4.78, 5) is 6.26. The minimum absolute atomic E-state index is 0.151. The summed E-state index contributed by atoms with van der Waals surface area (Å²) in [6.45, 7) is 0. The van der Waals surface area contributed by atoms with Gasteiger partial charge in [-0.1, -0.05) is 29.8 Å². The van der Waals surface area contributed by atoms with Gasteiger partial charge in [0.05, 0.1) is 16.1 Å². The third-order valence-corrected chi connectivity index (χ3v) is 3.33. The molecule has 23 heavy (non-hydrogen) atoms. The van der Waals surface area contributed by atoms with E-state index in [9.17, 15) is 18.3 Å². The molecule has 0 bridgehead atoms. The second-order valence-electron chi connectivity index (χ2n) is 4.59. The number of halogens is 4. The molecule has 118 valence electrons. The Morgan fingerprint density at radius 2 is 1.91 bits per heavy atom. The monoisotopic (exact) mass is 340 g/mol. The molecule has 2 N–H and O–H groups in total. The van der Waals surface area contributed by atoms with Gasteiger partial charge in [-0.15, -0.1) is 10.2 Å². The minimum Gasteiger partial charge on any atom is -0.493 e. The van der Waals surface area contributed by atoms with Crippen LogP contribution in [0.25, 0.3) is 10.9 Å². The largest absolute Gasteiger partial charge is 0.493 e. The van der Waals surface area contributed by atoms with E-state index in [0.29, 0.717) is 17.1 Å². The van der Waals surface area contributed by atoms with Crippen LogP contribution in [0.1, 0.15) is 5.56 Å². The van der Waals surface area contributed by atoms with Gasteiger partial charge in [0.15, 0.2) is 11.5 Å². The Bertz CT molecular complexity index is 905. The van der Waals surface area contributed by atoms with Crippen molar-refractivity contribution in [2.75, 3.05) is 0 Å². The molecule has 0 unspecified atom stereocenters. The summed E-state index contributed by atoms with van der Waals surface area (Å²) in [5.74, 6) is -0.387. The summed E-state index contributed by atoms with van der Waals surface area (Å²) in [5.41, 5.74) is -0.180. The van der Waals surface area contributed by atoms with E-state index in [1.807, 2.05) is 0 Å². The van der Waals surface area contributed by atoms with Crippen LogP contribution in [0.4, 0.5) is 24.7 Å². The van der Waals surface area contributed by atoms with E-state index in [1.165, 1.54) is 0 Å². The first-order chi connectivity index (χ1) is 10.9. The molecule has 5 nitrogen and oxygen atoms in total. The molecule has 0 amide bonds. The Morgan fingerprint density at radius 1 is 1.17 bits per heavy atom. The lowest BCUT2D eigenvalue weighted by atomic mass is 10.2. The number of rotatable bonds is 2. The van der Waals surface area contributed by atoms with Gasteiger partial charge < -0.3 is 10.1 Å². The molecule has 0 aliphatic carbocycles. The molecular formula is C14H8ClF3N4O. The van der Waals surface area contributed by atoms with Crippen LogP contribution in [0.5, 0.6) is 5.88 Å². The highest BCUT2D eigenvalue weighted by Crippen LogP contribution is 2.37. The second-order valence-corrected chi connectivity index (χ2v) is 5.00. The Balaban J connectivity index is 1.98. The summed E-state index contributed by atoms with van der Waals surface area (Å²) >= 11 is 5.75. The maximum atomic E-state index is 12.5. The number of H-pyrrole nitrogens is 1. The Morgan fingerprint density at radius 3 is 2.61 bits per heavy atom. The normalized spacial score (nSPS) is 12.3. The average molecular weight is 341 g/mol. The summed E-state index contributed by atoms with van der Waals surface area (Å²) in [6.07, 6.45) is -3.92. The van der Waals surface area contributed by atoms with Crippen molar-refractivity contribution in [1.82, 2.24) is 9.97 Å². The van der Waals surface area contributed by atoms with E-state index in [-0.39, 0.29) is 22.4 Å². The van der Waals surface area contributed by atoms with Crippen LogP contribution in [0.2, 0.25) is 5.02 Å². The Kier molecular flexibility index (Phi) is 3.69. The molecule has 9 heteroatoms. The number of fused-ring (bicyclic) bond motifs is 1. The van der Waals surface area contributed by atoms with E-state index < -0.39 is 11.7 Å². The first kappa shape index (κ1) is 15.3. The van der Waals surface area contributed by atoms with Crippen LogP contribution < -0.4 is 0 Å².